The molecule has 1 aromatic rings. The number of halogens is 1. The molecule has 0 amide bonds. The predicted molar refractivity (Wildman–Crippen MR) is 79.8 cm³/mol. The second-order valence-electron chi connectivity index (χ2n) is 5.04. The van der Waals surface area contributed by atoms with Gasteiger partial charge in [-0.25, -0.2) is 0 Å². The van der Waals surface area contributed by atoms with Crippen LogP contribution in [0, 0.1) is 5.92 Å². The Bertz CT molecular complexity index is 337. The van der Waals surface area contributed by atoms with Crippen molar-refractivity contribution in [1.82, 2.24) is 5.32 Å². The van der Waals surface area contributed by atoms with Crippen LogP contribution < -0.4 is 5.32 Å². The summed E-state index contributed by atoms with van der Waals surface area (Å²) in [6.07, 6.45) is 8.22. The molecule has 1 saturated carbocycles. The normalized spacial score (nSPS) is 25.8. The number of nitrogens with one attached hydrogen (secondary N) is 1. The first-order valence-electron chi connectivity index (χ1n) is 6.74. The number of rotatable bonds is 4. The van der Waals surface area contributed by atoms with E-state index in [1.54, 1.807) is 0 Å². The molecule has 96 valence electrons. The zero-order valence-electron chi connectivity index (χ0n) is 10.5. The maximum absolute atomic E-state index is 3.65. The molecule has 1 nitrogen and oxygen atoms in total. The molecule has 1 heterocycles. The van der Waals surface area contributed by atoms with Gasteiger partial charge < -0.3 is 5.32 Å². The zero-order valence-corrected chi connectivity index (χ0v) is 12.9. The van der Waals surface area contributed by atoms with E-state index in [4.69, 9.17) is 0 Å². The maximum Gasteiger partial charge on any atom is 0.0314 e. The smallest absolute Gasteiger partial charge is 0.0314 e. The van der Waals surface area contributed by atoms with Crippen molar-refractivity contribution < 1.29 is 0 Å². The van der Waals surface area contributed by atoms with Crippen LogP contribution in [0.2, 0.25) is 0 Å². The van der Waals surface area contributed by atoms with Crippen molar-refractivity contribution in [2.75, 3.05) is 6.54 Å². The average molecular weight is 316 g/mol. The Morgan fingerprint density at radius 1 is 1.41 bits per heavy atom. The fourth-order valence-electron chi connectivity index (χ4n) is 2.85. The topological polar surface area (TPSA) is 12.0 Å². The first-order chi connectivity index (χ1) is 8.29. The number of hydrogen-bond donors (Lipinski definition) is 1. The second kappa shape index (κ2) is 6.91. The molecule has 2 rings (SSSR count). The fraction of sp³-hybridized carbons (Fsp3) is 0.714. The van der Waals surface area contributed by atoms with Gasteiger partial charge in [0.15, 0.2) is 0 Å². The molecule has 0 saturated heterocycles. The Morgan fingerprint density at radius 3 is 2.94 bits per heavy atom. The Kier molecular flexibility index (Phi) is 5.51. The van der Waals surface area contributed by atoms with Gasteiger partial charge in [0, 0.05) is 15.4 Å². The minimum absolute atomic E-state index is 0.756. The summed E-state index contributed by atoms with van der Waals surface area (Å²) in [7, 11) is 0. The summed E-state index contributed by atoms with van der Waals surface area (Å²) in [6, 6.07) is 2.93. The summed E-state index contributed by atoms with van der Waals surface area (Å²) < 4.78 is 1.31. The van der Waals surface area contributed by atoms with E-state index >= 15 is 0 Å². The van der Waals surface area contributed by atoms with Crippen LogP contribution in [0.4, 0.5) is 0 Å². The van der Waals surface area contributed by atoms with Crippen LogP contribution in [0.25, 0.3) is 0 Å². The number of thiophene rings is 1. The molecule has 0 bridgehead atoms. The lowest BCUT2D eigenvalue weighted by Gasteiger charge is -2.20. The van der Waals surface area contributed by atoms with E-state index < -0.39 is 0 Å². The first kappa shape index (κ1) is 13.6. The van der Waals surface area contributed by atoms with E-state index in [1.807, 2.05) is 11.3 Å². The Hall–Kier alpha value is 0.140. The van der Waals surface area contributed by atoms with Gasteiger partial charge in [-0.1, -0.05) is 26.2 Å². The molecule has 17 heavy (non-hydrogen) atoms. The van der Waals surface area contributed by atoms with E-state index in [1.165, 1.54) is 47.9 Å². The summed E-state index contributed by atoms with van der Waals surface area (Å²) in [5.41, 5.74) is 0. The number of hydrogen-bond acceptors (Lipinski definition) is 2. The quantitative estimate of drug-likeness (QED) is 0.800. The predicted octanol–water partition coefficient (Wildman–Crippen LogP) is 4.61. The maximum atomic E-state index is 3.65. The van der Waals surface area contributed by atoms with Crippen LogP contribution >= 0.6 is 27.3 Å². The minimum Gasteiger partial charge on any atom is -0.314 e. The van der Waals surface area contributed by atoms with E-state index in [9.17, 15) is 0 Å². The molecule has 0 spiro atoms. The molecule has 1 N–H and O–H groups in total. The highest BCUT2D eigenvalue weighted by atomic mass is 79.9. The van der Waals surface area contributed by atoms with Gasteiger partial charge in [0.2, 0.25) is 0 Å². The van der Waals surface area contributed by atoms with Crippen LogP contribution in [0.5, 0.6) is 0 Å². The van der Waals surface area contributed by atoms with E-state index in [2.05, 4.69) is 39.6 Å². The molecule has 1 aromatic heterocycles. The third-order valence-corrected chi connectivity index (χ3v) is 5.64. The highest BCUT2D eigenvalue weighted by molar-refractivity contribution is 9.10. The van der Waals surface area contributed by atoms with Crippen molar-refractivity contribution in [2.24, 2.45) is 5.92 Å². The van der Waals surface area contributed by atoms with Crippen LogP contribution in [-0.2, 0) is 6.42 Å². The van der Waals surface area contributed by atoms with Gasteiger partial charge in [-0.3, -0.25) is 0 Å². The molecule has 0 aromatic carbocycles. The van der Waals surface area contributed by atoms with Gasteiger partial charge in [0.05, 0.1) is 0 Å². The molecule has 0 radical (unpaired) electrons. The van der Waals surface area contributed by atoms with Crippen molar-refractivity contribution >= 4 is 27.3 Å². The summed E-state index contributed by atoms with van der Waals surface area (Å²) in [4.78, 5) is 1.53. The van der Waals surface area contributed by atoms with Crippen molar-refractivity contribution in [1.29, 1.82) is 0 Å². The second-order valence-corrected chi connectivity index (χ2v) is 6.89. The lowest BCUT2D eigenvalue weighted by molar-refractivity contribution is 0.390. The fourth-order valence-corrected chi connectivity index (χ4v) is 4.48. The Labute approximate surface area is 117 Å². The van der Waals surface area contributed by atoms with Gasteiger partial charge >= 0.3 is 0 Å². The molecule has 2 unspecified atom stereocenters. The Morgan fingerprint density at radius 2 is 2.24 bits per heavy atom. The van der Waals surface area contributed by atoms with Gasteiger partial charge in [0.25, 0.3) is 0 Å². The third kappa shape index (κ3) is 4.08. The lowest BCUT2D eigenvalue weighted by atomic mass is 9.94. The molecular weight excluding hydrogens is 294 g/mol. The highest BCUT2D eigenvalue weighted by Gasteiger charge is 2.20. The SMILES string of the molecule is CCNC1CCCCC(Cc2sccc2Br)C1. The lowest BCUT2D eigenvalue weighted by Crippen LogP contribution is -2.30. The van der Waals surface area contributed by atoms with Gasteiger partial charge in [-0.2, -0.15) is 0 Å². The largest absolute Gasteiger partial charge is 0.314 e. The van der Waals surface area contributed by atoms with Crippen LogP contribution in [-0.4, -0.2) is 12.6 Å². The summed E-state index contributed by atoms with van der Waals surface area (Å²) in [5, 5.41) is 5.83. The van der Waals surface area contributed by atoms with Gasteiger partial charge in [-0.05, 0) is 59.1 Å². The van der Waals surface area contributed by atoms with Crippen molar-refractivity contribution in [2.45, 2.75) is 51.5 Å². The van der Waals surface area contributed by atoms with Gasteiger partial charge in [0.1, 0.15) is 0 Å². The molecule has 3 heteroatoms. The standard InChI is InChI=1S/C14H22BrNS/c1-2-16-12-6-4-3-5-11(9-12)10-14-13(15)7-8-17-14/h7-8,11-12,16H,2-6,9-10H2,1H3. The van der Waals surface area contributed by atoms with Crippen LogP contribution in [0.3, 0.4) is 0 Å². The monoisotopic (exact) mass is 315 g/mol. The molecule has 1 aliphatic carbocycles. The first-order valence-corrected chi connectivity index (χ1v) is 8.42. The molecule has 0 aliphatic heterocycles. The molecule has 1 fully saturated rings. The molecule has 2 atom stereocenters. The summed E-state index contributed by atoms with van der Waals surface area (Å²) in [5.74, 6) is 0.872. The van der Waals surface area contributed by atoms with Crippen LogP contribution in [0.15, 0.2) is 15.9 Å². The molecule has 1 aliphatic rings. The minimum atomic E-state index is 0.756. The zero-order chi connectivity index (χ0) is 12.1. The van der Waals surface area contributed by atoms with Crippen molar-refractivity contribution in [3.8, 4) is 0 Å². The summed E-state index contributed by atoms with van der Waals surface area (Å²) in [6.45, 7) is 3.33. The highest BCUT2D eigenvalue weighted by Crippen LogP contribution is 2.31. The third-order valence-electron chi connectivity index (χ3n) is 3.69. The van der Waals surface area contributed by atoms with E-state index in [-0.39, 0.29) is 0 Å². The van der Waals surface area contributed by atoms with Crippen molar-refractivity contribution in [3.05, 3.63) is 20.8 Å². The van der Waals surface area contributed by atoms with Crippen LogP contribution in [0.1, 0.15) is 43.9 Å². The summed E-state index contributed by atoms with van der Waals surface area (Å²) >= 11 is 5.55. The Balaban J connectivity index is 1.92. The van der Waals surface area contributed by atoms with Crippen molar-refractivity contribution in [3.63, 3.8) is 0 Å². The van der Waals surface area contributed by atoms with E-state index in [0.29, 0.717) is 0 Å². The molecular formula is C14H22BrNS. The van der Waals surface area contributed by atoms with Gasteiger partial charge in [-0.15, -0.1) is 11.3 Å². The van der Waals surface area contributed by atoms with E-state index in [0.717, 1.165) is 18.5 Å². The average Bonchev–Trinajstić information content (AvgIpc) is 2.59.